The number of nitrogens with one attached hydrogen (secondary N) is 1. The van der Waals surface area contributed by atoms with Gasteiger partial charge in [-0.05, 0) is 30.5 Å². The Hall–Kier alpha value is -0.720. The molecule has 1 aromatic carbocycles. The van der Waals surface area contributed by atoms with E-state index < -0.39 is 9.84 Å². The monoisotopic (exact) mass is 319 g/mol. The summed E-state index contributed by atoms with van der Waals surface area (Å²) in [5.41, 5.74) is 0.480. The highest BCUT2D eigenvalue weighted by atomic mass is 35.5. The quantitative estimate of drug-likeness (QED) is 0.919. The van der Waals surface area contributed by atoms with Crippen LogP contribution in [0.15, 0.2) is 24.3 Å². The van der Waals surface area contributed by atoms with Gasteiger partial charge in [0.05, 0.1) is 17.5 Å². The molecular weight excluding hydrogens is 306 g/mol. The molecule has 1 fully saturated rings. The van der Waals surface area contributed by atoms with E-state index in [0.29, 0.717) is 10.6 Å². The smallest absolute Gasteiger partial charge is 0.251 e. The van der Waals surface area contributed by atoms with E-state index in [2.05, 4.69) is 5.32 Å². The van der Waals surface area contributed by atoms with Gasteiger partial charge in [-0.25, -0.2) is 8.42 Å². The van der Waals surface area contributed by atoms with E-state index in [9.17, 15) is 13.2 Å². The number of rotatable bonds is 3. The molecule has 104 valence electrons. The Balaban J connectivity index is 2.08. The van der Waals surface area contributed by atoms with Crippen LogP contribution in [0.2, 0.25) is 5.02 Å². The first-order valence-corrected chi connectivity index (χ1v) is 9.19. The zero-order valence-corrected chi connectivity index (χ0v) is 12.7. The van der Waals surface area contributed by atoms with Gasteiger partial charge in [-0.3, -0.25) is 4.79 Å². The number of thioether (sulfide) groups is 1. The molecule has 1 aromatic rings. The molecule has 2 rings (SSSR count). The minimum atomic E-state index is -3.05. The molecule has 1 amide bonds. The van der Waals surface area contributed by atoms with Gasteiger partial charge in [0, 0.05) is 15.8 Å². The van der Waals surface area contributed by atoms with E-state index in [1.165, 1.54) is 11.8 Å². The average Bonchev–Trinajstić information content (AvgIpc) is 2.64. The van der Waals surface area contributed by atoms with Crippen LogP contribution in [0.25, 0.3) is 0 Å². The highest BCUT2D eigenvalue weighted by molar-refractivity contribution is 8.01. The van der Waals surface area contributed by atoms with Gasteiger partial charge in [-0.2, -0.15) is 11.8 Å². The molecule has 2 unspecified atom stereocenters. The Morgan fingerprint density at radius 1 is 1.32 bits per heavy atom. The zero-order chi connectivity index (χ0) is 14.0. The van der Waals surface area contributed by atoms with E-state index in [4.69, 9.17) is 11.6 Å². The standard InChI is InChI=1S/C12H14ClNO3S2/c1-18-11-7-19(16,17)6-10(11)14-12(15)8-2-4-9(13)5-3-8/h2-5,10-11H,6-7H2,1H3,(H,14,15). The van der Waals surface area contributed by atoms with Crippen LogP contribution < -0.4 is 5.32 Å². The summed E-state index contributed by atoms with van der Waals surface area (Å²) in [5.74, 6) is -0.129. The van der Waals surface area contributed by atoms with Crippen molar-refractivity contribution in [3.8, 4) is 0 Å². The van der Waals surface area contributed by atoms with Crippen LogP contribution in [0.5, 0.6) is 0 Å². The maximum absolute atomic E-state index is 12.0. The lowest BCUT2D eigenvalue weighted by Gasteiger charge is -2.17. The third kappa shape index (κ3) is 3.64. The Morgan fingerprint density at radius 3 is 2.53 bits per heavy atom. The summed E-state index contributed by atoms with van der Waals surface area (Å²) in [5, 5.41) is 3.26. The Morgan fingerprint density at radius 2 is 1.95 bits per heavy atom. The van der Waals surface area contributed by atoms with Crippen LogP contribution in [0.4, 0.5) is 0 Å². The fraction of sp³-hybridized carbons (Fsp3) is 0.417. The summed E-state index contributed by atoms with van der Waals surface area (Å²) in [6, 6.07) is 6.18. The molecule has 2 atom stereocenters. The van der Waals surface area contributed by atoms with Crippen molar-refractivity contribution in [2.45, 2.75) is 11.3 Å². The van der Waals surface area contributed by atoms with Crippen molar-refractivity contribution < 1.29 is 13.2 Å². The normalized spacial score (nSPS) is 25.2. The van der Waals surface area contributed by atoms with Crippen LogP contribution in [0, 0.1) is 0 Å². The van der Waals surface area contributed by atoms with Crippen LogP contribution in [0.3, 0.4) is 0 Å². The minimum Gasteiger partial charge on any atom is -0.347 e. The van der Waals surface area contributed by atoms with Gasteiger partial charge in [0.25, 0.3) is 5.91 Å². The van der Waals surface area contributed by atoms with Gasteiger partial charge < -0.3 is 5.32 Å². The molecule has 0 spiro atoms. The van der Waals surface area contributed by atoms with Crippen molar-refractivity contribution in [1.82, 2.24) is 5.32 Å². The second-order valence-corrected chi connectivity index (χ2v) is 8.11. The Labute approximate surface area is 121 Å². The molecule has 0 aromatic heterocycles. The van der Waals surface area contributed by atoms with E-state index in [1.807, 2.05) is 6.26 Å². The highest BCUT2D eigenvalue weighted by Gasteiger charge is 2.38. The Bertz CT molecular complexity index is 571. The number of sulfone groups is 1. The van der Waals surface area contributed by atoms with Gasteiger partial charge in [-0.15, -0.1) is 0 Å². The molecule has 0 radical (unpaired) electrons. The number of amides is 1. The van der Waals surface area contributed by atoms with E-state index in [0.717, 1.165) is 0 Å². The second kappa shape index (κ2) is 5.73. The largest absolute Gasteiger partial charge is 0.347 e. The second-order valence-electron chi connectivity index (χ2n) is 4.44. The molecule has 1 aliphatic heterocycles. The predicted molar refractivity (Wildman–Crippen MR) is 78.7 cm³/mol. The van der Waals surface area contributed by atoms with Crippen LogP contribution >= 0.6 is 23.4 Å². The highest BCUT2D eigenvalue weighted by Crippen LogP contribution is 2.23. The van der Waals surface area contributed by atoms with Crippen LogP contribution in [-0.2, 0) is 9.84 Å². The van der Waals surface area contributed by atoms with Crippen LogP contribution in [0.1, 0.15) is 10.4 Å². The van der Waals surface area contributed by atoms with Crippen molar-refractivity contribution >= 4 is 39.1 Å². The lowest BCUT2D eigenvalue weighted by Crippen LogP contribution is -2.41. The van der Waals surface area contributed by atoms with Crippen molar-refractivity contribution in [2.75, 3.05) is 17.8 Å². The van der Waals surface area contributed by atoms with Crippen molar-refractivity contribution in [3.63, 3.8) is 0 Å². The van der Waals surface area contributed by atoms with Gasteiger partial charge in [0.15, 0.2) is 9.84 Å². The van der Waals surface area contributed by atoms with Crippen molar-refractivity contribution in [2.24, 2.45) is 0 Å². The summed E-state index contributed by atoms with van der Waals surface area (Å²) in [7, 11) is -3.05. The first-order chi connectivity index (χ1) is 8.91. The first-order valence-electron chi connectivity index (χ1n) is 5.71. The first kappa shape index (κ1) is 14.7. The topological polar surface area (TPSA) is 63.2 Å². The van der Waals surface area contributed by atoms with Crippen LogP contribution in [-0.4, -0.2) is 43.4 Å². The maximum atomic E-state index is 12.0. The molecule has 0 saturated carbocycles. The van der Waals surface area contributed by atoms with E-state index in [1.54, 1.807) is 24.3 Å². The van der Waals surface area contributed by atoms with E-state index in [-0.39, 0.29) is 28.7 Å². The summed E-state index contributed by atoms with van der Waals surface area (Å²) in [6.07, 6.45) is 1.85. The minimum absolute atomic E-state index is 0.0117. The molecule has 0 aliphatic carbocycles. The summed E-state index contributed by atoms with van der Waals surface area (Å²) in [4.78, 5) is 12.0. The van der Waals surface area contributed by atoms with Gasteiger partial charge in [0.2, 0.25) is 0 Å². The van der Waals surface area contributed by atoms with Gasteiger partial charge in [-0.1, -0.05) is 11.6 Å². The fourth-order valence-corrected chi connectivity index (χ4v) is 5.67. The van der Waals surface area contributed by atoms with Crippen molar-refractivity contribution in [3.05, 3.63) is 34.9 Å². The number of hydrogen-bond acceptors (Lipinski definition) is 4. The third-order valence-electron chi connectivity index (χ3n) is 3.03. The lowest BCUT2D eigenvalue weighted by molar-refractivity contribution is 0.0942. The molecule has 7 heteroatoms. The molecule has 1 saturated heterocycles. The molecule has 0 bridgehead atoms. The zero-order valence-electron chi connectivity index (χ0n) is 10.3. The number of carbonyl (C=O) groups excluding carboxylic acids is 1. The Kier molecular flexibility index (Phi) is 4.43. The van der Waals surface area contributed by atoms with Crippen molar-refractivity contribution in [1.29, 1.82) is 0 Å². The molecule has 1 aliphatic rings. The van der Waals surface area contributed by atoms with Gasteiger partial charge in [0.1, 0.15) is 0 Å². The lowest BCUT2D eigenvalue weighted by atomic mass is 10.2. The summed E-state index contributed by atoms with van der Waals surface area (Å²) >= 11 is 7.22. The maximum Gasteiger partial charge on any atom is 0.251 e. The molecule has 19 heavy (non-hydrogen) atoms. The fourth-order valence-electron chi connectivity index (χ4n) is 2.04. The number of hydrogen-bond donors (Lipinski definition) is 1. The molecule has 1 heterocycles. The van der Waals surface area contributed by atoms with Gasteiger partial charge >= 0.3 is 0 Å². The number of halogens is 1. The predicted octanol–water partition coefficient (Wildman–Crippen LogP) is 1.60. The number of carbonyl (C=O) groups is 1. The summed E-state index contributed by atoms with van der Waals surface area (Å²) in [6.45, 7) is 0. The van der Waals surface area contributed by atoms with E-state index >= 15 is 0 Å². The number of benzene rings is 1. The molecule has 1 N–H and O–H groups in total. The average molecular weight is 320 g/mol. The SMILES string of the molecule is CSC1CS(=O)(=O)CC1NC(=O)c1ccc(Cl)cc1. The summed E-state index contributed by atoms with van der Waals surface area (Å²) < 4.78 is 23.2. The molecular formula is C12H14ClNO3S2. The molecule has 4 nitrogen and oxygen atoms in total. The third-order valence-corrected chi connectivity index (χ3v) is 6.32.